The van der Waals surface area contributed by atoms with Gasteiger partial charge in [-0.25, -0.2) is 12.8 Å². The average molecular weight is 546 g/mol. The molecule has 1 atom stereocenters. The number of rotatable bonds is 11. The van der Waals surface area contributed by atoms with Crippen molar-refractivity contribution in [3.8, 4) is 0 Å². The Balaban J connectivity index is 2.50. The van der Waals surface area contributed by atoms with Crippen molar-refractivity contribution in [1.29, 1.82) is 0 Å². The van der Waals surface area contributed by atoms with Crippen LogP contribution in [0.15, 0.2) is 42.5 Å². The fraction of sp³-hybridized carbons (Fsp3) is 0.417. The first kappa shape index (κ1) is 28.9. The van der Waals surface area contributed by atoms with Crippen molar-refractivity contribution in [3.05, 3.63) is 63.9 Å². The van der Waals surface area contributed by atoms with E-state index in [2.05, 4.69) is 5.32 Å². The SMILES string of the molecule is CC[C@H](C(=O)NCC(C)C)N(Cc1c(Cl)cccc1Cl)C(=O)CN(c1ccccc1F)S(C)(=O)=O. The van der Waals surface area contributed by atoms with Crippen molar-refractivity contribution in [2.24, 2.45) is 5.92 Å². The van der Waals surface area contributed by atoms with E-state index in [0.717, 1.165) is 12.3 Å². The number of halogens is 3. The number of hydrogen-bond acceptors (Lipinski definition) is 4. The predicted octanol–water partition coefficient (Wildman–Crippen LogP) is 4.48. The summed E-state index contributed by atoms with van der Waals surface area (Å²) in [5.74, 6) is -1.72. The zero-order chi connectivity index (χ0) is 26.3. The lowest BCUT2D eigenvalue weighted by Crippen LogP contribution is -2.52. The van der Waals surface area contributed by atoms with Crippen LogP contribution in [0.3, 0.4) is 0 Å². The molecule has 0 fully saturated rings. The van der Waals surface area contributed by atoms with Gasteiger partial charge in [-0.1, -0.05) is 62.2 Å². The van der Waals surface area contributed by atoms with E-state index in [1.165, 1.54) is 23.1 Å². The van der Waals surface area contributed by atoms with Crippen LogP contribution in [0.5, 0.6) is 0 Å². The highest BCUT2D eigenvalue weighted by molar-refractivity contribution is 7.92. The van der Waals surface area contributed by atoms with Crippen molar-refractivity contribution in [2.45, 2.75) is 39.8 Å². The standard InChI is InChI=1S/C24H30Cl2FN3O4S/c1-5-21(24(32)28-13-16(2)3)29(14-17-18(25)9-8-10-19(17)26)23(31)15-30(35(4,33)34)22-12-7-6-11-20(22)27/h6-12,16,21H,5,13-15H2,1-4H3,(H,28,32)/t21-/m1/s1. The fourth-order valence-corrected chi connectivity index (χ4v) is 4.81. The zero-order valence-corrected chi connectivity index (χ0v) is 22.4. The molecule has 35 heavy (non-hydrogen) atoms. The van der Waals surface area contributed by atoms with E-state index in [4.69, 9.17) is 23.2 Å². The molecule has 2 aromatic rings. The van der Waals surface area contributed by atoms with E-state index in [1.807, 2.05) is 13.8 Å². The third kappa shape index (κ3) is 7.81. The first-order chi connectivity index (χ1) is 16.4. The Kier molecular flexibility index (Phi) is 10.4. The molecule has 0 aliphatic heterocycles. The number of nitrogens with one attached hydrogen (secondary N) is 1. The van der Waals surface area contributed by atoms with E-state index in [-0.39, 0.29) is 24.6 Å². The fourth-order valence-electron chi connectivity index (χ4n) is 3.44. The lowest BCUT2D eigenvalue weighted by atomic mass is 10.1. The summed E-state index contributed by atoms with van der Waals surface area (Å²) in [5.41, 5.74) is 0.146. The van der Waals surface area contributed by atoms with Crippen LogP contribution in [-0.2, 0) is 26.2 Å². The molecule has 0 unspecified atom stereocenters. The third-order valence-electron chi connectivity index (χ3n) is 5.26. The van der Waals surface area contributed by atoms with Crippen LogP contribution in [0.25, 0.3) is 0 Å². The molecule has 2 rings (SSSR count). The van der Waals surface area contributed by atoms with Gasteiger partial charge in [0.15, 0.2) is 0 Å². The highest BCUT2D eigenvalue weighted by Crippen LogP contribution is 2.28. The Morgan fingerprint density at radius 1 is 1.06 bits per heavy atom. The van der Waals surface area contributed by atoms with Gasteiger partial charge in [-0.05, 0) is 36.6 Å². The van der Waals surface area contributed by atoms with Crippen LogP contribution in [0.2, 0.25) is 10.0 Å². The molecule has 2 amide bonds. The smallest absolute Gasteiger partial charge is 0.244 e. The second-order valence-corrected chi connectivity index (χ2v) is 11.2. The van der Waals surface area contributed by atoms with Gasteiger partial charge in [0.25, 0.3) is 0 Å². The Hall–Kier alpha value is -2.36. The molecule has 0 saturated heterocycles. The first-order valence-corrected chi connectivity index (χ1v) is 13.7. The van der Waals surface area contributed by atoms with Crippen molar-refractivity contribution in [1.82, 2.24) is 10.2 Å². The molecule has 0 aliphatic carbocycles. The number of anilines is 1. The Labute approximate surface area is 216 Å². The largest absolute Gasteiger partial charge is 0.354 e. The summed E-state index contributed by atoms with van der Waals surface area (Å²) in [6.07, 6.45) is 1.13. The topological polar surface area (TPSA) is 86.8 Å². The molecule has 2 aromatic carbocycles. The molecule has 0 aromatic heterocycles. The van der Waals surface area contributed by atoms with Gasteiger partial charge < -0.3 is 10.2 Å². The number of sulfonamides is 1. The molecule has 0 saturated carbocycles. The highest BCUT2D eigenvalue weighted by atomic mass is 35.5. The number of amides is 2. The van der Waals surface area contributed by atoms with Crippen LogP contribution < -0.4 is 9.62 Å². The molecule has 0 aliphatic rings. The van der Waals surface area contributed by atoms with Crippen molar-refractivity contribution < 1.29 is 22.4 Å². The molecule has 11 heteroatoms. The zero-order valence-electron chi connectivity index (χ0n) is 20.1. The molecule has 0 spiro atoms. The number of carbonyl (C=O) groups excluding carboxylic acids is 2. The molecule has 192 valence electrons. The van der Waals surface area contributed by atoms with Crippen LogP contribution in [-0.4, -0.2) is 50.5 Å². The number of nitrogens with zero attached hydrogens (tertiary/aromatic N) is 2. The van der Waals surface area contributed by atoms with Crippen molar-refractivity contribution >= 4 is 50.7 Å². The maximum Gasteiger partial charge on any atom is 0.244 e. The monoisotopic (exact) mass is 545 g/mol. The van der Waals surface area contributed by atoms with Crippen LogP contribution >= 0.6 is 23.2 Å². The lowest BCUT2D eigenvalue weighted by molar-refractivity contribution is -0.140. The molecule has 0 heterocycles. The maximum atomic E-state index is 14.5. The van der Waals surface area contributed by atoms with Gasteiger partial charge in [0.2, 0.25) is 21.8 Å². The summed E-state index contributed by atoms with van der Waals surface area (Å²) in [6, 6.07) is 9.18. The maximum absolute atomic E-state index is 14.5. The van der Waals surface area contributed by atoms with Gasteiger partial charge in [0.1, 0.15) is 18.4 Å². The van der Waals surface area contributed by atoms with Crippen molar-refractivity contribution in [3.63, 3.8) is 0 Å². The molecule has 0 radical (unpaired) electrons. The van der Waals surface area contributed by atoms with Gasteiger partial charge in [0.05, 0.1) is 11.9 Å². The van der Waals surface area contributed by atoms with Gasteiger partial charge in [-0.2, -0.15) is 0 Å². The van der Waals surface area contributed by atoms with Crippen LogP contribution in [0, 0.1) is 11.7 Å². The average Bonchev–Trinajstić information content (AvgIpc) is 2.77. The second-order valence-electron chi connectivity index (χ2n) is 8.51. The predicted molar refractivity (Wildman–Crippen MR) is 138 cm³/mol. The first-order valence-electron chi connectivity index (χ1n) is 11.1. The van der Waals surface area contributed by atoms with Gasteiger partial charge in [-0.3, -0.25) is 13.9 Å². The third-order valence-corrected chi connectivity index (χ3v) is 7.10. The number of hydrogen-bond donors (Lipinski definition) is 1. The Morgan fingerprint density at radius 3 is 2.17 bits per heavy atom. The van der Waals surface area contributed by atoms with E-state index in [1.54, 1.807) is 25.1 Å². The molecule has 7 nitrogen and oxygen atoms in total. The summed E-state index contributed by atoms with van der Waals surface area (Å²) in [4.78, 5) is 27.9. The van der Waals surface area contributed by atoms with Crippen molar-refractivity contribution in [2.75, 3.05) is 23.7 Å². The summed E-state index contributed by atoms with van der Waals surface area (Å²) in [7, 11) is -4.04. The Morgan fingerprint density at radius 2 is 1.66 bits per heavy atom. The highest BCUT2D eigenvalue weighted by Gasteiger charge is 2.33. The number of para-hydroxylation sites is 1. The van der Waals surface area contributed by atoms with E-state index < -0.39 is 40.2 Å². The minimum atomic E-state index is -4.04. The summed E-state index contributed by atoms with van der Waals surface area (Å²) >= 11 is 12.6. The Bertz CT molecular complexity index is 1140. The van der Waals surface area contributed by atoms with Crippen LogP contribution in [0.1, 0.15) is 32.8 Å². The molecular formula is C24H30Cl2FN3O4S. The summed E-state index contributed by atoms with van der Waals surface area (Å²) in [6.45, 7) is 5.15. The van der Waals surface area contributed by atoms with Gasteiger partial charge >= 0.3 is 0 Å². The molecule has 1 N–H and O–H groups in total. The van der Waals surface area contributed by atoms with E-state index in [0.29, 0.717) is 26.5 Å². The van der Waals surface area contributed by atoms with Gasteiger partial charge in [0, 0.05) is 28.7 Å². The second kappa shape index (κ2) is 12.6. The number of carbonyl (C=O) groups is 2. The summed E-state index contributed by atoms with van der Waals surface area (Å²) < 4.78 is 40.2. The van der Waals surface area contributed by atoms with E-state index in [9.17, 15) is 22.4 Å². The summed E-state index contributed by atoms with van der Waals surface area (Å²) in [5, 5.41) is 3.40. The minimum Gasteiger partial charge on any atom is -0.354 e. The number of benzene rings is 2. The van der Waals surface area contributed by atoms with E-state index >= 15 is 0 Å². The molecular weight excluding hydrogens is 516 g/mol. The lowest BCUT2D eigenvalue weighted by Gasteiger charge is -2.33. The van der Waals surface area contributed by atoms with Gasteiger partial charge in [-0.15, -0.1) is 0 Å². The minimum absolute atomic E-state index is 0.139. The van der Waals surface area contributed by atoms with Crippen LogP contribution in [0.4, 0.5) is 10.1 Å². The normalized spacial score (nSPS) is 12.3. The quantitative estimate of drug-likeness (QED) is 0.451. The molecule has 0 bridgehead atoms.